The molecule has 0 saturated carbocycles. The van der Waals surface area contributed by atoms with E-state index in [4.69, 9.17) is 9.47 Å². The average molecular weight is 254 g/mol. The Hall–Kier alpha value is 0.230. The normalized spacial score (nSPS) is 24.3. The van der Waals surface area contributed by atoms with Gasteiger partial charge in [-0.2, -0.15) is 0 Å². The number of halogens is 1. The summed E-state index contributed by atoms with van der Waals surface area (Å²) in [6.07, 6.45) is 5.82. The number of hydrogen-bond donors (Lipinski definition) is 0. The fraction of sp³-hybridized carbons (Fsp3) is 0.714. The van der Waals surface area contributed by atoms with Crippen molar-refractivity contribution in [1.29, 1.82) is 0 Å². The molecule has 0 aromatic rings. The van der Waals surface area contributed by atoms with Gasteiger partial charge in [0, 0.05) is 10.8 Å². The zero-order valence-electron chi connectivity index (χ0n) is 5.75. The first kappa shape index (κ1) is 8.33. The standard InChI is InChI=1S/C7H11IO2/c8-4-6-10-7-3-1-2-5-9-7/h2,5,7H,1,3-4,6H2. The second-order valence-electron chi connectivity index (χ2n) is 2.07. The summed E-state index contributed by atoms with van der Waals surface area (Å²) in [4.78, 5) is 0. The van der Waals surface area contributed by atoms with E-state index in [1.165, 1.54) is 0 Å². The van der Waals surface area contributed by atoms with Gasteiger partial charge in [0.25, 0.3) is 0 Å². The van der Waals surface area contributed by atoms with E-state index in [1.54, 1.807) is 6.26 Å². The van der Waals surface area contributed by atoms with Crippen molar-refractivity contribution in [3.63, 3.8) is 0 Å². The van der Waals surface area contributed by atoms with Crippen molar-refractivity contribution in [2.45, 2.75) is 19.1 Å². The Kier molecular flexibility index (Phi) is 4.13. The fourth-order valence-corrected chi connectivity index (χ4v) is 1.06. The number of hydrogen-bond acceptors (Lipinski definition) is 2. The number of rotatable bonds is 3. The third kappa shape index (κ3) is 2.88. The molecule has 1 aliphatic rings. The van der Waals surface area contributed by atoms with Crippen LogP contribution < -0.4 is 0 Å². The van der Waals surface area contributed by atoms with Crippen LogP contribution in [0.3, 0.4) is 0 Å². The zero-order chi connectivity index (χ0) is 7.23. The molecule has 0 radical (unpaired) electrons. The summed E-state index contributed by atoms with van der Waals surface area (Å²) >= 11 is 2.28. The smallest absolute Gasteiger partial charge is 0.199 e. The van der Waals surface area contributed by atoms with Crippen LogP contribution in [-0.4, -0.2) is 17.3 Å². The molecule has 1 atom stereocenters. The summed E-state index contributed by atoms with van der Waals surface area (Å²) in [6, 6.07) is 0. The van der Waals surface area contributed by atoms with Gasteiger partial charge in [0.2, 0.25) is 0 Å². The molecule has 0 saturated heterocycles. The van der Waals surface area contributed by atoms with Crippen LogP contribution in [0.4, 0.5) is 0 Å². The third-order valence-electron chi connectivity index (χ3n) is 1.28. The minimum absolute atomic E-state index is 0.0137. The van der Waals surface area contributed by atoms with Crippen molar-refractivity contribution in [3.8, 4) is 0 Å². The number of alkyl halides is 1. The largest absolute Gasteiger partial charge is 0.473 e. The SMILES string of the molecule is ICCOC1CCC=CO1. The Labute approximate surface area is 74.7 Å². The van der Waals surface area contributed by atoms with Gasteiger partial charge in [-0.15, -0.1) is 0 Å². The van der Waals surface area contributed by atoms with Gasteiger partial charge in [-0.05, 0) is 12.5 Å². The Balaban J connectivity index is 2.10. The lowest BCUT2D eigenvalue weighted by Crippen LogP contribution is -2.17. The molecular weight excluding hydrogens is 243 g/mol. The molecule has 0 spiro atoms. The average Bonchev–Trinajstić information content (AvgIpc) is 2.03. The molecule has 0 N–H and O–H groups in total. The maximum atomic E-state index is 5.35. The van der Waals surface area contributed by atoms with E-state index in [0.29, 0.717) is 0 Å². The molecule has 1 heterocycles. The molecule has 0 aromatic carbocycles. The van der Waals surface area contributed by atoms with Crippen molar-refractivity contribution < 1.29 is 9.47 Å². The maximum Gasteiger partial charge on any atom is 0.199 e. The Morgan fingerprint density at radius 3 is 3.20 bits per heavy atom. The Morgan fingerprint density at radius 2 is 2.60 bits per heavy atom. The lowest BCUT2D eigenvalue weighted by atomic mass is 10.3. The van der Waals surface area contributed by atoms with Crippen molar-refractivity contribution >= 4 is 22.6 Å². The van der Waals surface area contributed by atoms with E-state index >= 15 is 0 Å². The van der Waals surface area contributed by atoms with E-state index < -0.39 is 0 Å². The number of allylic oxidation sites excluding steroid dienone is 1. The lowest BCUT2D eigenvalue weighted by molar-refractivity contribution is -0.109. The first-order chi connectivity index (χ1) is 4.93. The first-order valence-corrected chi connectivity index (χ1v) is 4.94. The summed E-state index contributed by atoms with van der Waals surface area (Å²) < 4.78 is 11.6. The quantitative estimate of drug-likeness (QED) is 0.567. The van der Waals surface area contributed by atoms with E-state index in [2.05, 4.69) is 22.6 Å². The van der Waals surface area contributed by atoms with Crippen LogP contribution in [0.2, 0.25) is 0 Å². The molecule has 58 valence electrons. The van der Waals surface area contributed by atoms with Crippen molar-refractivity contribution in [3.05, 3.63) is 12.3 Å². The van der Waals surface area contributed by atoms with Crippen LogP contribution in [0, 0.1) is 0 Å². The summed E-state index contributed by atoms with van der Waals surface area (Å²) in [5, 5.41) is 0. The summed E-state index contributed by atoms with van der Waals surface area (Å²) in [7, 11) is 0. The van der Waals surface area contributed by atoms with Gasteiger partial charge in [-0.1, -0.05) is 22.6 Å². The second kappa shape index (κ2) is 4.96. The maximum absolute atomic E-state index is 5.35. The van der Waals surface area contributed by atoms with Crippen LogP contribution in [0.25, 0.3) is 0 Å². The highest BCUT2D eigenvalue weighted by molar-refractivity contribution is 14.1. The van der Waals surface area contributed by atoms with Gasteiger partial charge in [0.05, 0.1) is 12.9 Å². The van der Waals surface area contributed by atoms with Gasteiger partial charge in [0.15, 0.2) is 6.29 Å². The minimum Gasteiger partial charge on any atom is -0.473 e. The predicted molar refractivity (Wildman–Crippen MR) is 48.1 cm³/mol. The van der Waals surface area contributed by atoms with Crippen molar-refractivity contribution in [2.24, 2.45) is 0 Å². The van der Waals surface area contributed by atoms with Crippen LogP contribution in [0.15, 0.2) is 12.3 Å². The van der Waals surface area contributed by atoms with Crippen molar-refractivity contribution in [1.82, 2.24) is 0 Å². The third-order valence-corrected chi connectivity index (χ3v) is 1.72. The molecule has 10 heavy (non-hydrogen) atoms. The minimum atomic E-state index is 0.0137. The monoisotopic (exact) mass is 254 g/mol. The van der Waals surface area contributed by atoms with Crippen LogP contribution in [0.1, 0.15) is 12.8 Å². The van der Waals surface area contributed by atoms with E-state index in [9.17, 15) is 0 Å². The molecule has 0 fully saturated rings. The summed E-state index contributed by atoms with van der Waals surface area (Å²) in [6.45, 7) is 0.791. The highest BCUT2D eigenvalue weighted by Crippen LogP contribution is 2.10. The molecule has 0 aromatic heterocycles. The lowest BCUT2D eigenvalue weighted by Gasteiger charge is -2.18. The molecule has 0 aliphatic carbocycles. The van der Waals surface area contributed by atoms with E-state index in [0.717, 1.165) is 23.9 Å². The van der Waals surface area contributed by atoms with E-state index in [1.807, 2.05) is 6.08 Å². The Bertz CT molecular complexity index is 114. The summed E-state index contributed by atoms with van der Waals surface area (Å²) in [5.74, 6) is 0. The highest BCUT2D eigenvalue weighted by Gasteiger charge is 2.09. The molecule has 3 heteroatoms. The van der Waals surface area contributed by atoms with Crippen molar-refractivity contribution in [2.75, 3.05) is 11.0 Å². The van der Waals surface area contributed by atoms with Crippen LogP contribution >= 0.6 is 22.6 Å². The molecule has 1 unspecified atom stereocenters. The van der Waals surface area contributed by atoms with Gasteiger partial charge < -0.3 is 9.47 Å². The second-order valence-corrected chi connectivity index (χ2v) is 3.15. The number of ether oxygens (including phenoxy) is 2. The summed E-state index contributed by atoms with van der Waals surface area (Å²) in [5.41, 5.74) is 0. The highest BCUT2D eigenvalue weighted by atomic mass is 127. The first-order valence-electron chi connectivity index (χ1n) is 3.41. The molecule has 0 amide bonds. The van der Waals surface area contributed by atoms with Gasteiger partial charge in [-0.3, -0.25) is 0 Å². The topological polar surface area (TPSA) is 18.5 Å². The van der Waals surface area contributed by atoms with E-state index in [-0.39, 0.29) is 6.29 Å². The van der Waals surface area contributed by atoms with Crippen LogP contribution in [0.5, 0.6) is 0 Å². The van der Waals surface area contributed by atoms with Gasteiger partial charge in [-0.25, -0.2) is 0 Å². The predicted octanol–water partition coefficient (Wildman–Crippen LogP) is 2.09. The Morgan fingerprint density at radius 1 is 1.70 bits per heavy atom. The van der Waals surface area contributed by atoms with Gasteiger partial charge in [0.1, 0.15) is 0 Å². The molecule has 2 nitrogen and oxygen atoms in total. The zero-order valence-corrected chi connectivity index (χ0v) is 7.91. The fourth-order valence-electron chi connectivity index (χ4n) is 0.810. The molecular formula is C7H11IO2. The molecule has 1 aliphatic heterocycles. The molecule has 0 bridgehead atoms. The van der Waals surface area contributed by atoms with Crippen LogP contribution in [-0.2, 0) is 9.47 Å². The van der Waals surface area contributed by atoms with Gasteiger partial charge >= 0.3 is 0 Å². The molecule has 1 rings (SSSR count).